The average molecular weight is 522 g/mol. The van der Waals surface area contributed by atoms with Gasteiger partial charge in [-0.15, -0.1) is 0 Å². The smallest absolute Gasteiger partial charge is 0.239 e. The molecule has 2 aromatic carbocycles. The van der Waals surface area contributed by atoms with Crippen LogP contribution in [-0.2, 0) is 22.5 Å². The molecule has 3 aromatic rings. The summed E-state index contributed by atoms with van der Waals surface area (Å²) < 4.78 is 24.6. The number of rotatable bonds is 10. The first-order valence-corrected chi connectivity index (χ1v) is 13.3. The van der Waals surface area contributed by atoms with Gasteiger partial charge in [0.1, 0.15) is 23.8 Å². The number of nitrogens with one attached hydrogen (secondary N) is 1. The predicted octanol–water partition coefficient (Wildman–Crippen LogP) is 2.85. The molecule has 5 rings (SSSR count). The Balaban J connectivity index is 1.54. The number of ether oxygens (including phenoxy) is 4. The number of methoxy groups -OCH3 is 1. The highest BCUT2D eigenvalue weighted by molar-refractivity contribution is 5.95. The van der Waals surface area contributed by atoms with Gasteiger partial charge in [-0.2, -0.15) is 0 Å². The minimum atomic E-state index is -0.144. The Hall–Kier alpha value is -3.56. The van der Waals surface area contributed by atoms with Crippen LogP contribution in [0.2, 0.25) is 0 Å². The zero-order valence-electron chi connectivity index (χ0n) is 22.1. The topological polar surface area (TPSA) is 91.3 Å². The van der Waals surface area contributed by atoms with Gasteiger partial charge in [0, 0.05) is 49.9 Å². The maximum Gasteiger partial charge on any atom is 0.239 e. The second-order valence-corrected chi connectivity index (χ2v) is 9.57. The molecule has 0 aliphatic carbocycles. The fraction of sp³-hybridized carbons (Fsp3) is 0.448. The zero-order chi connectivity index (χ0) is 26.5. The van der Waals surface area contributed by atoms with Crippen molar-refractivity contribution in [2.24, 2.45) is 0 Å². The molecule has 1 amide bonds. The largest absolute Gasteiger partial charge is 0.497 e. The lowest BCUT2D eigenvalue weighted by molar-refractivity contribution is -0.121. The standard InChI is InChI=1S/C29H35N3O6/c1-3-13-37-24-17-21-8-14-38-29(21)26-27(24)32(19-25(33)30-9-10-31-11-15-36-16-12-31)18-23(28(26)34)20-4-6-22(35-2)7-5-20/h4-7,17-18H,3,8-16,19H2,1-2H3,(H,30,33). The van der Waals surface area contributed by atoms with E-state index in [0.29, 0.717) is 59.9 Å². The number of amides is 1. The fourth-order valence-electron chi connectivity index (χ4n) is 5.02. The van der Waals surface area contributed by atoms with Crippen LogP contribution in [0, 0.1) is 0 Å². The van der Waals surface area contributed by atoms with Crippen LogP contribution in [0.25, 0.3) is 22.0 Å². The van der Waals surface area contributed by atoms with Gasteiger partial charge in [0.25, 0.3) is 0 Å². The third-order valence-electron chi connectivity index (χ3n) is 6.99. The van der Waals surface area contributed by atoms with E-state index in [2.05, 4.69) is 10.2 Å². The van der Waals surface area contributed by atoms with Gasteiger partial charge in [0.15, 0.2) is 0 Å². The summed E-state index contributed by atoms with van der Waals surface area (Å²) >= 11 is 0. The van der Waals surface area contributed by atoms with Gasteiger partial charge in [-0.05, 0) is 30.2 Å². The summed E-state index contributed by atoms with van der Waals surface area (Å²) in [6, 6.07) is 9.31. The molecule has 202 valence electrons. The van der Waals surface area contributed by atoms with Gasteiger partial charge in [-0.1, -0.05) is 19.1 Å². The second kappa shape index (κ2) is 11.9. The third-order valence-corrected chi connectivity index (χ3v) is 6.99. The molecule has 0 spiro atoms. The van der Waals surface area contributed by atoms with Gasteiger partial charge in [-0.3, -0.25) is 14.5 Å². The number of fused-ring (bicyclic) bond motifs is 3. The van der Waals surface area contributed by atoms with Crippen LogP contribution in [0.4, 0.5) is 0 Å². The monoisotopic (exact) mass is 521 g/mol. The Morgan fingerprint density at radius 1 is 1.13 bits per heavy atom. The summed E-state index contributed by atoms with van der Waals surface area (Å²) in [4.78, 5) is 29.4. The number of benzene rings is 2. The number of carbonyl (C=O) groups excluding carboxylic acids is 1. The van der Waals surface area contributed by atoms with Gasteiger partial charge < -0.3 is 28.8 Å². The van der Waals surface area contributed by atoms with Crippen molar-refractivity contribution in [3.05, 3.63) is 52.3 Å². The SMILES string of the molecule is CCCOc1cc2c(c3c(=O)c(-c4ccc(OC)cc4)cn(CC(=O)NCCN4CCOCC4)c13)OCC2. The lowest BCUT2D eigenvalue weighted by atomic mass is 10.0. The number of pyridine rings is 1. The number of nitrogens with zero attached hydrogens (tertiary/aromatic N) is 2. The minimum absolute atomic E-state index is 0.0459. The van der Waals surface area contributed by atoms with E-state index in [1.165, 1.54) is 0 Å². The van der Waals surface area contributed by atoms with Gasteiger partial charge in [-0.25, -0.2) is 0 Å². The molecule has 0 atom stereocenters. The van der Waals surface area contributed by atoms with Crippen molar-refractivity contribution in [1.82, 2.24) is 14.8 Å². The highest BCUT2D eigenvalue weighted by Crippen LogP contribution is 2.39. The lowest BCUT2D eigenvalue weighted by Crippen LogP contribution is -2.41. The average Bonchev–Trinajstić information content (AvgIpc) is 3.42. The van der Waals surface area contributed by atoms with E-state index in [4.69, 9.17) is 18.9 Å². The number of aromatic nitrogens is 1. The zero-order valence-corrected chi connectivity index (χ0v) is 22.1. The van der Waals surface area contributed by atoms with Gasteiger partial charge in [0.2, 0.25) is 11.3 Å². The van der Waals surface area contributed by atoms with Crippen molar-refractivity contribution >= 4 is 16.8 Å². The molecule has 1 fully saturated rings. The van der Waals surface area contributed by atoms with Crippen LogP contribution in [0.3, 0.4) is 0 Å². The van der Waals surface area contributed by atoms with E-state index in [-0.39, 0.29) is 17.9 Å². The Morgan fingerprint density at radius 2 is 1.92 bits per heavy atom. The highest BCUT2D eigenvalue weighted by atomic mass is 16.5. The number of morpholine rings is 1. The maximum atomic E-state index is 14.0. The van der Waals surface area contributed by atoms with E-state index in [1.807, 2.05) is 41.8 Å². The summed E-state index contributed by atoms with van der Waals surface area (Å²) in [5.41, 5.74) is 2.63. The van der Waals surface area contributed by atoms with Crippen molar-refractivity contribution in [1.29, 1.82) is 0 Å². The molecule has 1 aromatic heterocycles. The molecular formula is C29H35N3O6. The molecule has 0 saturated carbocycles. The van der Waals surface area contributed by atoms with Crippen LogP contribution in [0.5, 0.6) is 17.2 Å². The summed E-state index contributed by atoms with van der Waals surface area (Å²) in [7, 11) is 1.61. The highest BCUT2D eigenvalue weighted by Gasteiger charge is 2.26. The van der Waals surface area contributed by atoms with E-state index in [0.717, 1.165) is 50.4 Å². The normalized spacial score (nSPS) is 15.2. The molecular weight excluding hydrogens is 486 g/mol. The number of hydrogen-bond donors (Lipinski definition) is 1. The Bertz CT molecular complexity index is 1350. The van der Waals surface area contributed by atoms with Crippen molar-refractivity contribution in [2.45, 2.75) is 26.3 Å². The molecule has 0 unspecified atom stereocenters. The van der Waals surface area contributed by atoms with Crippen molar-refractivity contribution in [3.63, 3.8) is 0 Å². The molecule has 9 nitrogen and oxygen atoms in total. The fourth-order valence-corrected chi connectivity index (χ4v) is 5.02. The summed E-state index contributed by atoms with van der Waals surface area (Å²) in [5, 5.41) is 3.50. The van der Waals surface area contributed by atoms with Crippen molar-refractivity contribution in [2.75, 3.05) is 59.7 Å². The van der Waals surface area contributed by atoms with E-state index in [1.54, 1.807) is 13.3 Å². The second-order valence-electron chi connectivity index (χ2n) is 9.57. The van der Waals surface area contributed by atoms with Crippen molar-refractivity contribution in [3.8, 4) is 28.4 Å². The molecule has 1 N–H and O–H groups in total. The maximum absolute atomic E-state index is 14.0. The molecule has 2 aliphatic heterocycles. The van der Waals surface area contributed by atoms with Crippen LogP contribution >= 0.6 is 0 Å². The van der Waals surface area contributed by atoms with Gasteiger partial charge in [0.05, 0.1) is 44.4 Å². The number of hydrogen-bond acceptors (Lipinski definition) is 7. The predicted molar refractivity (Wildman–Crippen MR) is 145 cm³/mol. The van der Waals surface area contributed by atoms with E-state index >= 15 is 0 Å². The first-order valence-electron chi connectivity index (χ1n) is 13.3. The molecule has 0 radical (unpaired) electrons. The van der Waals surface area contributed by atoms with Crippen molar-refractivity contribution < 1.29 is 23.7 Å². The molecule has 0 bridgehead atoms. The lowest BCUT2D eigenvalue weighted by Gasteiger charge is -2.26. The van der Waals surface area contributed by atoms with Crippen LogP contribution < -0.4 is 25.0 Å². The summed E-state index contributed by atoms with van der Waals surface area (Å²) in [6.07, 6.45) is 3.29. The summed E-state index contributed by atoms with van der Waals surface area (Å²) in [5.74, 6) is 1.76. The van der Waals surface area contributed by atoms with Crippen LogP contribution in [0.15, 0.2) is 41.3 Å². The van der Waals surface area contributed by atoms with Crippen LogP contribution in [-0.4, -0.2) is 75.1 Å². The van der Waals surface area contributed by atoms with E-state index < -0.39 is 0 Å². The minimum Gasteiger partial charge on any atom is -0.497 e. The Labute approximate surface area is 222 Å². The Morgan fingerprint density at radius 3 is 2.66 bits per heavy atom. The summed E-state index contributed by atoms with van der Waals surface area (Å²) in [6.45, 7) is 7.59. The Kier molecular flexibility index (Phi) is 8.14. The first-order chi connectivity index (χ1) is 18.6. The molecule has 2 aliphatic rings. The number of carbonyl (C=O) groups is 1. The van der Waals surface area contributed by atoms with E-state index in [9.17, 15) is 9.59 Å². The third kappa shape index (κ3) is 5.49. The molecule has 9 heteroatoms. The quantitative estimate of drug-likeness (QED) is 0.439. The molecule has 38 heavy (non-hydrogen) atoms. The molecule has 1 saturated heterocycles. The molecule has 3 heterocycles. The van der Waals surface area contributed by atoms with Gasteiger partial charge >= 0.3 is 0 Å². The first kappa shape index (κ1) is 26.1. The van der Waals surface area contributed by atoms with Crippen LogP contribution in [0.1, 0.15) is 18.9 Å².